The predicted molar refractivity (Wildman–Crippen MR) is 73.2 cm³/mol. The molecule has 3 N–H and O–H groups in total. The molecule has 0 aliphatic heterocycles. The first-order valence-corrected chi connectivity index (χ1v) is 6.76. The van der Waals surface area contributed by atoms with Gasteiger partial charge in [-0.1, -0.05) is 0 Å². The van der Waals surface area contributed by atoms with Crippen molar-refractivity contribution in [2.45, 2.75) is 44.6 Å². The number of nitrogens with zero attached hydrogens (tertiary/aromatic N) is 2. The number of aromatic nitrogens is 2. The second-order valence-electron chi connectivity index (χ2n) is 5.36. The number of nitrogens with one attached hydrogen (secondary N) is 1. The summed E-state index contributed by atoms with van der Waals surface area (Å²) in [5.74, 6) is 1.75. The summed E-state index contributed by atoms with van der Waals surface area (Å²) in [7, 11) is 0. The van der Waals surface area contributed by atoms with Gasteiger partial charge in [-0.05, 0) is 42.6 Å². The quantitative estimate of drug-likeness (QED) is 0.817. The van der Waals surface area contributed by atoms with Gasteiger partial charge < -0.3 is 11.1 Å². The fraction of sp³-hybridized carbons (Fsp3) is 0.583. The maximum Gasteiger partial charge on any atom is 0.219 e. The van der Waals surface area contributed by atoms with Gasteiger partial charge in [0.05, 0.1) is 0 Å². The number of anilines is 1. The number of carbonyl (C=O) groups excluding carboxylic acids is 1. The molecule has 0 aromatic carbocycles. The zero-order valence-corrected chi connectivity index (χ0v) is 12.1. The van der Waals surface area contributed by atoms with Gasteiger partial charge in [-0.15, -0.1) is 0 Å². The third kappa shape index (κ3) is 3.66. The molecule has 1 saturated carbocycles. The van der Waals surface area contributed by atoms with Crippen LogP contribution in [0.25, 0.3) is 0 Å². The first kappa shape index (κ1) is 13.3. The molecule has 0 spiro atoms. The van der Waals surface area contributed by atoms with Gasteiger partial charge in [0, 0.05) is 23.9 Å². The van der Waals surface area contributed by atoms with Crippen molar-refractivity contribution in [3.05, 3.63) is 16.5 Å². The van der Waals surface area contributed by atoms with Crippen molar-refractivity contribution in [1.29, 1.82) is 0 Å². The molecule has 6 heteroatoms. The average Bonchev–Trinajstić information content (AvgIpc) is 2.95. The van der Waals surface area contributed by atoms with Crippen LogP contribution in [0.1, 0.15) is 44.9 Å². The minimum Gasteiger partial charge on any atom is -0.370 e. The molecule has 1 aliphatic carbocycles. The van der Waals surface area contributed by atoms with Gasteiger partial charge in [0.25, 0.3) is 0 Å². The highest BCUT2D eigenvalue weighted by Crippen LogP contribution is 2.39. The Morgan fingerprint density at radius 3 is 2.78 bits per heavy atom. The van der Waals surface area contributed by atoms with Gasteiger partial charge in [0.15, 0.2) is 0 Å². The fourth-order valence-corrected chi connectivity index (χ4v) is 2.25. The Morgan fingerprint density at radius 2 is 2.22 bits per heavy atom. The summed E-state index contributed by atoms with van der Waals surface area (Å²) < 4.78 is 0.761. The second-order valence-corrected chi connectivity index (χ2v) is 6.17. The summed E-state index contributed by atoms with van der Waals surface area (Å²) in [5.41, 5.74) is 4.81. The van der Waals surface area contributed by atoms with E-state index < -0.39 is 5.54 Å². The second kappa shape index (κ2) is 4.84. The van der Waals surface area contributed by atoms with Crippen molar-refractivity contribution in [1.82, 2.24) is 9.97 Å². The van der Waals surface area contributed by atoms with Crippen LogP contribution in [0.15, 0.2) is 10.7 Å². The van der Waals surface area contributed by atoms with Crippen molar-refractivity contribution >= 4 is 27.7 Å². The highest BCUT2D eigenvalue weighted by atomic mass is 79.9. The highest BCUT2D eigenvalue weighted by Gasteiger charge is 2.28. The van der Waals surface area contributed by atoms with Gasteiger partial charge in [0.2, 0.25) is 5.91 Å². The zero-order chi connectivity index (χ0) is 13.3. The topological polar surface area (TPSA) is 80.9 Å². The van der Waals surface area contributed by atoms with Crippen molar-refractivity contribution < 1.29 is 4.79 Å². The summed E-state index contributed by atoms with van der Waals surface area (Å²) in [4.78, 5) is 19.8. The van der Waals surface area contributed by atoms with E-state index in [4.69, 9.17) is 5.73 Å². The number of hydrogen-bond donors (Lipinski definition) is 2. The molecule has 1 aliphatic rings. The highest BCUT2D eigenvalue weighted by molar-refractivity contribution is 9.10. The van der Waals surface area contributed by atoms with E-state index >= 15 is 0 Å². The molecule has 0 saturated heterocycles. The molecule has 18 heavy (non-hydrogen) atoms. The standard InChI is InChI=1S/C12H17BrN4O/c1-12(2,6-9(14)18)17-10-5-8(13)15-11(16-10)7-3-4-7/h5,7H,3-4,6H2,1-2H3,(H2,14,18)(H,15,16,17). The van der Waals surface area contributed by atoms with Crippen LogP contribution in [-0.4, -0.2) is 21.4 Å². The van der Waals surface area contributed by atoms with Crippen LogP contribution in [-0.2, 0) is 4.79 Å². The number of rotatable bonds is 5. The fourth-order valence-electron chi connectivity index (χ4n) is 1.85. The Bertz CT molecular complexity index is 471. The van der Waals surface area contributed by atoms with E-state index in [-0.39, 0.29) is 12.3 Å². The van der Waals surface area contributed by atoms with E-state index in [1.54, 1.807) is 0 Å². The average molecular weight is 313 g/mol. The SMILES string of the molecule is CC(C)(CC(N)=O)Nc1cc(Br)nc(C2CC2)n1. The molecule has 2 rings (SSSR count). The summed E-state index contributed by atoms with van der Waals surface area (Å²) in [5, 5.41) is 3.23. The molecule has 0 unspecified atom stereocenters. The number of halogens is 1. The van der Waals surface area contributed by atoms with Gasteiger partial charge in [-0.3, -0.25) is 4.79 Å². The van der Waals surface area contributed by atoms with Crippen LogP contribution in [0, 0.1) is 0 Å². The molecule has 1 fully saturated rings. The third-order valence-corrected chi connectivity index (χ3v) is 3.14. The first-order chi connectivity index (χ1) is 8.35. The normalized spacial score (nSPS) is 15.5. The number of amides is 1. The molecule has 1 amide bonds. The van der Waals surface area contributed by atoms with Crippen LogP contribution in [0.4, 0.5) is 5.82 Å². The van der Waals surface area contributed by atoms with E-state index in [0.29, 0.717) is 5.92 Å². The van der Waals surface area contributed by atoms with E-state index in [1.165, 1.54) is 0 Å². The maximum absolute atomic E-state index is 11.0. The van der Waals surface area contributed by atoms with Gasteiger partial charge in [0.1, 0.15) is 16.2 Å². The van der Waals surface area contributed by atoms with E-state index in [9.17, 15) is 4.79 Å². The number of hydrogen-bond acceptors (Lipinski definition) is 4. The van der Waals surface area contributed by atoms with Crippen molar-refractivity contribution in [3.8, 4) is 0 Å². The van der Waals surface area contributed by atoms with Crippen LogP contribution in [0.5, 0.6) is 0 Å². The Labute approximate surface area is 115 Å². The van der Waals surface area contributed by atoms with Gasteiger partial charge in [-0.2, -0.15) is 0 Å². The monoisotopic (exact) mass is 312 g/mol. The van der Waals surface area contributed by atoms with Crippen LogP contribution in [0.2, 0.25) is 0 Å². The van der Waals surface area contributed by atoms with Gasteiger partial charge >= 0.3 is 0 Å². The molecule has 98 valence electrons. The molecule has 1 aromatic rings. The summed E-state index contributed by atoms with van der Waals surface area (Å²) >= 11 is 3.38. The molecule has 1 heterocycles. The molecule has 0 atom stereocenters. The van der Waals surface area contributed by atoms with Crippen LogP contribution >= 0.6 is 15.9 Å². The van der Waals surface area contributed by atoms with Gasteiger partial charge in [-0.25, -0.2) is 9.97 Å². The molecule has 1 aromatic heterocycles. The van der Waals surface area contributed by atoms with E-state index in [2.05, 4.69) is 31.2 Å². The Kier molecular flexibility index (Phi) is 3.56. The Hall–Kier alpha value is -1.17. The van der Waals surface area contributed by atoms with Crippen molar-refractivity contribution in [3.63, 3.8) is 0 Å². The molecular weight excluding hydrogens is 296 g/mol. The van der Waals surface area contributed by atoms with E-state index in [0.717, 1.165) is 29.1 Å². The number of primary amides is 1. The summed E-state index contributed by atoms with van der Waals surface area (Å²) in [6, 6.07) is 1.81. The lowest BCUT2D eigenvalue weighted by atomic mass is 10.0. The minimum atomic E-state index is -0.416. The lowest BCUT2D eigenvalue weighted by Gasteiger charge is -2.25. The van der Waals surface area contributed by atoms with Crippen molar-refractivity contribution in [2.75, 3.05) is 5.32 Å². The Balaban J connectivity index is 2.15. The Morgan fingerprint density at radius 1 is 1.56 bits per heavy atom. The smallest absolute Gasteiger partial charge is 0.219 e. The maximum atomic E-state index is 11.0. The van der Waals surface area contributed by atoms with Crippen LogP contribution in [0.3, 0.4) is 0 Å². The predicted octanol–water partition coefficient (Wildman–Crippen LogP) is 2.18. The summed E-state index contributed by atoms with van der Waals surface area (Å²) in [6.07, 6.45) is 2.56. The molecular formula is C12H17BrN4O. The summed E-state index contributed by atoms with van der Waals surface area (Å²) in [6.45, 7) is 3.84. The largest absolute Gasteiger partial charge is 0.370 e. The van der Waals surface area contributed by atoms with Crippen molar-refractivity contribution in [2.24, 2.45) is 5.73 Å². The molecule has 0 radical (unpaired) electrons. The van der Waals surface area contributed by atoms with E-state index in [1.807, 2.05) is 19.9 Å². The molecule has 0 bridgehead atoms. The number of nitrogens with two attached hydrogens (primary N) is 1. The molecule has 5 nitrogen and oxygen atoms in total. The lowest BCUT2D eigenvalue weighted by molar-refractivity contribution is -0.118. The zero-order valence-electron chi connectivity index (χ0n) is 10.5. The first-order valence-electron chi connectivity index (χ1n) is 5.97. The minimum absolute atomic E-state index is 0.257. The number of carbonyl (C=O) groups is 1. The third-order valence-electron chi connectivity index (χ3n) is 2.74. The lowest BCUT2D eigenvalue weighted by Crippen LogP contribution is -2.36. The van der Waals surface area contributed by atoms with Crippen LogP contribution < -0.4 is 11.1 Å².